The molecule has 1 aromatic heterocycles. The molecule has 0 spiro atoms. The summed E-state index contributed by atoms with van der Waals surface area (Å²) in [5.41, 5.74) is 2.94. The zero-order valence-corrected chi connectivity index (χ0v) is 14.9. The molecule has 1 N–H and O–H groups in total. The minimum Gasteiger partial charge on any atom is -0.372 e. The Morgan fingerprint density at radius 1 is 0.926 bits per heavy atom. The molecule has 0 bridgehead atoms. The molecule has 0 saturated carbocycles. The van der Waals surface area contributed by atoms with Gasteiger partial charge in [0.2, 0.25) is 5.91 Å². The highest BCUT2D eigenvalue weighted by atomic mass is 19.1. The lowest BCUT2D eigenvalue weighted by Gasteiger charge is -2.08. The average molecular weight is 364 g/mol. The van der Waals surface area contributed by atoms with Crippen LogP contribution in [0.1, 0.15) is 23.1 Å². The van der Waals surface area contributed by atoms with E-state index < -0.39 is 0 Å². The molecule has 0 atom stereocenters. The van der Waals surface area contributed by atoms with E-state index in [1.165, 1.54) is 12.1 Å². The number of hydrogen-bond acceptors (Lipinski definition) is 3. The van der Waals surface area contributed by atoms with Crippen LogP contribution in [-0.2, 0) is 29.2 Å². The molecule has 0 aliphatic heterocycles. The van der Waals surface area contributed by atoms with Crippen LogP contribution in [0.3, 0.4) is 0 Å². The van der Waals surface area contributed by atoms with Crippen LogP contribution in [0.2, 0.25) is 0 Å². The second kappa shape index (κ2) is 9.59. The van der Waals surface area contributed by atoms with Crippen molar-refractivity contribution in [3.63, 3.8) is 0 Å². The van der Waals surface area contributed by atoms with Crippen molar-refractivity contribution in [3.8, 4) is 0 Å². The van der Waals surface area contributed by atoms with Gasteiger partial charge in [-0.05, 0) is 47.4 Å². The minimum atomic E-state index is -0.263. The van der Waals surface area contributed by atoms with E-state index in [1.807, 2.05) is 36.4 Å². The monoisotopic (exact) mass is 364 g/mol. The standard InChI is InChI=1S/C22H21FN2O2/c23-20-9-6-18(7-10-20)15-27-16-19-12-13-24-21(14-19)25-22(26)11-8-17-4-2-1-3-5-17/h1-7,9-10,12-14H,8,11,15-16H2,(H,24,25,26). The van der Waals surface area contributed by atoms with Crippen molar-refractivity contribution in [2.24, 2.45) is 0 Å². The Bertz CT molecular complexity index is 867. The number of halogens is 1. The summed E-state index contributed by atoms with van der Waals surface area (Å²) in [6.45, 7) is 0.772. The molecular formula is C22H21FN2O2. The van der Waals surface area contributed by atoms with Crippen molar-refractivity contribution in [2.75, 3.05) is 5.32 Å². The first-order valence-electron chi connectivity index (χ1n) is 8.80. The van der Waals surface area contributed by atoms with E-state index in [2.05, 4.69) is 10.3 Å². The third-order valence-corrected chi connectivity index (χ3v) is 4.03. The Hall–Kier alpha value is -3.05. The number of nitrogens with one attached hydrogen (secondary N) is 1. The van der Waals surface area contributed by atoms with Gasteiger partial charge in [-0.3, -0.25) is 4.79 Å². The van der Waals surface area contributed by atoms with Crippen LogP contribution in [-0.4, -0.2) is 10.9 Å². The van der Waals surface area contributed by atoms with E-state index in [0.717, 1.165) is 16.7 Å². The van der Waals surface area contributed by atoms with Gasteiger partial charge in [0.15, 0.2) is 0 Å². The summed E-state index contributed by atoms with van der Waals surface area (Å²) in [4.78, 5) is 16.3. The lowest BCUT2D eigenvalue weighted by Crippen LogP contribution is -2.13. The molecule has 1 heterocycles. The first kappa shape index (κ1) is 18.7. The molecule has 3 aromatic rings. The molecule has 0 unspecified atom stereocenters. The lowest BCUT2D eigenvalue weighted by molar-refractivity contribution is -0.116. The largest absolute Gasteiger partial charge is 0.372 e. The molecule has 27 heavy (non-hydrogen) atoms. The van der Waals surface area contributed by atoms with E-state index in [9.17, 15) is 9.18 Å². The first-order valence-corrected chi connectivity index (χ1v) is 8.80. The number of pyridine rings is 1. The van der Waals surface area contributed by atoms with Crippen LogP contribution in [0.4, 0.5) is 10.2 Å². The second-order valence-corrected chi connectivity index (χ2v) is 6.20. The van der Waals surface area contributed by atoms with Gasteiger partial charge in [-0.1, -0.05) is 42.5 Å². The topological polar surface area (TPSA) is 51.2 Å². The van der Waals surface area contributed by atoms with E-state index in [1.54, 1.807) is 24.4 Å². The van der Waals surface area contributed by atoms with Crippen molar-refractivity contribution >= 4 is 11.7 Å². The zero-order chi connectivity index (χ0) is 18.9. The number of hydrogen-bond donors (Lipinski definition) is 1. The predicted molar refractivity (Wildman–Crippen MR) is 103 cm³/mol. The van der Waals surface area contributed by atoms with Crippen molar-refractivity contribution in [1.82, 2.24) is 4.98 Å². The Labute approximate surface area is 158 Å². The number of benzene rings is 2. The van der Waals surface area contributed by atoms with Crippen molar-refractivity contribution in [3.05, 3.63) is 95.4 Å². The van der Waals surface area contributed by atoms with Gasteiger partial charge in [-0.15, -0.1) is 0 Å². The molecule has 0 aliphatic rings. The number of nitrogens with zero attached hydrogens (tertiary/aromatic N) is 1. The number of aryl methyl sites for hydroxylation is 1. The number of carbonyl (C=O) groups excluding carboxylic acids is 1. The van der Waals surface area contributed by atoms with Gasteiger partial charge in [0.1, 0.15) is 11.6 Å². The summed E-state index contributed by atoms with van der Waals surface area (Å²) in [5.74, 6) is 0.173. The van der Waals surface area contributed by atoms with Crippen molar-refractivity contribution in [1.29, 1.82) is 0 Å². The summed E-state index contributed by atoms with van der Waals surface area (Å²) < 4.78 is 18.5. The van der Waals surface area contributed by atoms with E-state index in [4.69, 9.17) is 4.74 Å². The molecule has 0 saturated heterocycles. The lowest BCUT2D eigenvalue weighted by atomic mass is 10.1. The molecule has 138 valence electrons. The Morgan fingerprint density at radius 2 is 1.67 bits per heavy atom. The van der Waals surface area contributed by atoms with Gasteiger partial charge in [-0.2, -0.15) is 0 Å². The third-order valence-electron chi connectivity index (χ3n) is 4.03. The Morgan fingerprint density at radius 3 is 2.44 bits per heavy atom. The van der Waals surface area contributed by atoms with Gasteiger partial charge in [0.05, 0.1) is 13.2 Å². The number of carbonyl (C=O) groups is 1. The minimum absolute atomic E-state index is 0.0734. The first-order chi connectivity index (χ1) is 13.2. The van der Waals surface area contributed by atoms with Gasteiger partial charge in [0.25, 0.3) is 0 Å². The summed E-state index contributed by atoms with van der Waals surface area (Å²) in [6.07, 6.45) is 2.73. The van der Waals surface area contributed by atoms with Crippen LogP contribution >= 0.6 is 0 Å². The van der Waals surface area contributed by atoms with Crippen LogP contribution in [0.15, 0.2) is 72.9 Å². The maximum absolute atomic E-state index is 12.9. The fourth-order valence-corrected chi connectivity index (χ4v) is 2.61. The maximum Gasteiger partial charge on any atom is 0.225 e. The fourth-order valence-electron chi connectivity index (χ4n) is 2.61. The maximum atomic E-state index is 12.9. The van der Waals surface area contributed by atoms with Gasteiger partial charge in [-0.25, -0.2) is 9.37 Å². The highest BCUT2D eigenvalue weighted by Crippen LogP contribution is 2.11. The van der Waals surface area contributed by atoms with E-state index >= 15 is 0 Å². The molecule has 0 fully saturated rings. The highest BCUT2D eigenvalue weighted by molar-refractivity contribution is 5.89. The van der Waals surface area contributed by atoms with E-state index in [-0.39, 0.29) is 11.7 Å². The zero-order valence-electron chi connectivity index (χ0n) is 14.9. The molecule has 0 radical (unpaired) electrons. The predicted octanol–water partition coefficient (Wildman–Crippen LogP) is 4.51. The van der Waals surface area contributed by atoms with Gasteiger partial charge in [0, 0.05) is 12.6 Å². The highest BCUT2D eigenvalue weighted by Gasteiger charge is 2.05. The van der Waals surface area contributed by atoms with Crippen LogP contribution < -0.4 is 5.32 Å². The number of rotatable bonds is 8. The SMILES string of the molecule is O=C(CCc1ccccc1)Nc1cc(COCc2ccc(F)cc2)ccn1. The Balaban J connectivity index is 1.46. The van der Waals surface area contributed by atoms with Gasteiger partial charge >= 0.3 is 0 Å². The third kappa shape index (κ3) is 6.31. The van der Waals surface area contributed by atoms with Crippen molar-refractivity contribution < 1.29 is 13.9 Å². The molecule has 1 amide bonds. The molecule has 3 rings (SSSR count). The normalized spacial score (nSPS) is 10.6. The molecule has 0 aliphatic carbocycles. The number of ether oxygens (including phenoxy) is 1. The van der Waals surface area contributed by atoms with Crippen LogP contribution in [0.25, 0.3) is 0 Å². The second-order valence-electron chi connectivity index (χ2n) is 6.20. The smallest absolute Gasteiger partial charge is 0.225 e. The molecule has 4 nitrogen and oxygen atoms in total. The number of aromatic nitrogens is 1. The summed E-state index contributed by atoms with van der Waals surface area (Å²) in [7, 11) is 0. The molecule has 2 aromatic carbocycles. The van der Waals surface area contributed by atoms with Crippen LogP contribution in [0.5, 0.6) is 0 Å². The molecular weight excluding hydrogens is 343 g/mol. The van der Waals surface area contributed by atoms with Crippen LogP contribution in [0, 0.1) is 5.82 Å². The van der Waals surface area contributed by atoms with Crippen molar-refractivity contribution in [2.45, 2.75) is 26.1 Å². The average Bonchev–Trinajstić information content (AvgIpc) is 2.69. The number of anilines is 1. The summed E-state index contributed by atoms with van der Waals surface area (Å²) in [6, 6.07) is 19.7. The number of amides is 1. The summed E-state index contributed by atoms with van der Waals surface area (Å²) in [5, 5.41) is 2.82. The quantitative estimate of drug-likeness (QED) is 0.640. The Kier molecular flexibility index (Phi) is 6.66. The van der Waals surface area contributed by atoms with E-state index in [0.29, 0.717) is 31.9 Å². The fraction of sp³-hybridized carbons (Fsp3) is 0.182. The molecule has 5 heteroatoms. The van der Waals surface area contributed by atoms with Gasteiger partial charge < -0.3 is 10.1 Å². The summed E-state index contributed by atoms with van der Waals surface area (Å²) >= 11 is 0.